The molecule has 0 saturated carbocycles. The molecule has 2 atom stereocenters. The molecule has 0 aliphatic carbocycles. The van der Waals surface area contributed by atoms with Gasteiger partial charge in [-0.05, 0) is 0 Å². The number of alkyl halides is 3. The molecular weight excluding hydrogens is 169 g/mol. The van der Waals surface area contributed by atoms with E-state index in [4.69, 9.17) is 10.2 Å². The van der Waals surface area contributed by atoms with Crippen LogP contribution in [0.1, 0.15) is 0 Å². The monoisotopic (exact) mass is 174 g/mol. The molecule has 7 heteroatoms. The molecule has 0 aromatic carbocycles. The molecule has 2 unspecified atom stereocenters. The Morgan fingerprint density at radius 3 is 2.09 bits per heavy atom. The van der Waals surface area contributed by atoms with Crippen LogP contribution in [-0.4, -0.2) is 35.3 Å². The van der Waals surface area contributed by atoms with Crippen LogP contribution in [0.3, 0.4) is 0 Å². The van der Waals surface area contributed by atoms with E-state index in [0.717, 1.165) is 0 Å². The highest BCUT2D eigenvalue weighted by atomic mass is 19.3. The van der Waals surface area contributed by atoms with Crippen LogP contribution in [0.4, 0.5) is 13.2 Å². The first-order chi connectivity index (χ1) is 4.90. The van der Waals surface area contributed by atoms with Crippen molar-refractivity contribution in [1.82, 2.24) is 0 Å². The summed E-state index contributed by atoms with van der Waals surface area (Å²) in [7, 11) is 0. The summed E-state index contributed by atoms with van der Waals surface area (Å²) in [5, 5.41) is 16.6. The molecule has 0 aromatic rings. The molecule has 0 spiro atoms. The normalized spacial score (nSPS) is 42.8. The predicted molar refractivity (Wildman–Crippen MR) is 24.0 cm³/mol. The van der Waals surface area contributed by atoms with Crippen LogP contribution in [0.25, 0.3) is 0 Å². The Kier molecular flexibility index (Phi) is 1.83. The zero-order valence-corrected chi connectivity index (χ0v) is 5.13. The fourth-order valence-corrected chi connectivity index (χ4v) is 0.600. The fraction of sp³-hybridized carbons (Fsp3) is 1.00. The number of aliphatic hydroxyl groups excluding tert-OH is 2. The Labute approximate surface area is 59.1 Å². The lowest BCUT2D eigenvalue weighted by Crippen LogP contribution is -2.38. The maximum Gasteiger partial charge on any atom is 0.490 e. The van der Waals surface area contributed by atoms with Crippen molar-refractivity contribution in [3.8, 4) is 0 Å². The molecule has 1 aliphatic rings. The van der Waals surface area contributed by atoms with Gasteiger partial charge in [0.25, 0.3) is 5.85 Å². The van der Waals surface area contributed by atoms with Crippen molar-refractivity contribution >= 4 is 0 Å². The molecule has 11 heavy (non-hydrogen) atoms. The predicted octanol–water partition coefficient (Wildman–Crippen LogP) is -0.440. The van der Waals surface area contributed by atoms with Crippen molar-refractivity contribution in [3.63, 3.8) is 0 Å². The SMILES string of the molecule is OCC1(F)OC(F)(F)OC1O. The molecule has 0 amide bonds. The lowest BCUT2D eigenvalue weighted by atomic mass is 10.3. The van der Waals surface area contributed by atoms with Crippen LogP contribution >= 0.6 is 0 Å². The Morgan fingerprint density at radius 1 is 1.36 bits per heavy atom. The molecule has 0 radical (unpaired) electrons. The maximum absolute atomic E-state index is 12.6. The topological polar surface area (TPSA) is 58.9 Å². The van der Waals surface area contributed by atoms with Crippen molar-refractivity contribution in [2.24, 2.45) is 0 Å². The van der Waals surface area contributed by atoms with Gasteiger partial charge in [0, 0.05) is 0 Å². The van der Waals surface area contributed by atoms with Gasteiger partial charge in [0.1, 0.15) is 6.61 Å². The van der Waals surface area contributed by atoms with Crippen molar-refractivity contribution in [3.05, 3.63) is 0 Å². The van der Waals surface area contributed by atoms with Crippen molar-refractivity contribution in [2.45, 2.75) is 18.4 Å². The minimum atomic E-state index is -4.18. The molecule has 0 bridgehead atoms. The van der Waals surface area contributed by atoms with E-state index in [1.807, 2.05) is 0 Å². The summed E-state index contributed by atoms with van der Waals surface area (Å²) in [5.74, 6) is -3.23. The summed E-state index contributed by atoms with van der Waals surface area (Å²) in [6.45, 7) is -1.40. The molecule has 0 aromatic heterocycles. The molecule has 1 heterocycles. The van der Waals surface area contributed by atoms with E-state index < -0.39 is 25.0 Å². The number of hydrogen-bond donors (Lipinski definition) is 2. The Bertz CT molecular complexity index is 163. The number of aliphatic hydroxyl groups is 2. The first-order valence-corrected chi connectivity index (χ1v) is 2.63. The molecule has 1 saturated heterocycles. The van der Waals surface area contributed by atoms with Gasteiger partial charge < -0.3 is 10.2 Å². The Morgan fingerprint density at radius 2 is 1.91 bits per heavy atom. The first kappa shape index (κ1) is 8.72. The van der Waals surface area contributed by atoms with E-state index in [2.05, 4.69) is 9.47 Å². The maximum atomic E-state index is 12.6. The first-order valence-electron chi connectivity index (χ1n) is 2.63. The summed E-state index contributed by atoms with van der Waals surface area (Å²) in [5.41, 5.74) is 0. The molecule has 1 aliphatic heterocycles. The largest absolute Gasteiger partial charge is 0.490 e. The van der Waals surface area contributed by atoms with Gasteiger partial charge in [-0.2, -0.15) is 0 Å². The lowest BCUT2D eigenvalue weighted by Gasteiger charge is -2.15. The van der Waals surface area contributed by atoms with Gasteiger partial charge in [-0.3, -0.25) is 9.47 Å². The summed E-state index contributed by atoms with van der Waals surface area (Å²) >= 11 is 0. The zero-order valence-electron chi connectivity index (χ0n) is 5.13. The summed E-state index contributed by atoms with van der Waals surface area (Å²) < 4.78 is 43.0. The second-order valence-corrected chi connectivity index (χ2v) is 1.98. The van der Waals surface area contributed by atoms with Crippen LogP contribution in [0.2, 0.25) is 0 Å². The third-order valence-electron chi connectivity index (χ3n) is 1.12. The van der Waals surface area contributed by atoms with E-state index in [1.165, 1.54) is 0 Å². The number of rotatable bonds is 1. The van der Waals surface area contributed by atoms with Gasteiger partial charge >= 0.3 is 6.29 Å². The van der Waals surface area contributed by atoms with Gasteiger partial charge in [-0.25, -0.2) is 4.39 Å². The van der Waals surface area contributed by atoms with Crippen molar-refractivity contribution in [1.29, 1.82) is 0 Å². The molecule has 1 rings (SSSR count). The van der Waals surface area contributed by atoms with Gasteiger partial charge in [-0.15, -0.1) is 8.78 Å². The highest BCUT2D eigenvalue weighted by molar-refractivity contribution is 4.76. The van der Waals surface area contributed by atoms with Crippen molar-refractivity contribution in [2.75, 3.05) is 6.61 Å². The van der Waals surface area contributed by atoms with Gasteiger partial charge in [0.2, 0.25) is 6.29 Å². The molecule has 4 nitrogen and oxygen atoms in total. The number of hydrogen-bond acceptors (Lipinski definition) is 4. The van der Waals surface area contributed by atoms with E-state index in [9.17, 15) is 13.2 Å². The zero-order chi connectivity index (χ0) is 8.70. The van der Waals surface area contributed by atoms with E-state index in [-0.39, 0.29) is 0 Å². The highest BCUT2D eigenvalue weighted by Gasteiger charge is 2.60. The van der Waals surface area contributed by atoms with Crippen LogP contribution < -0.4 is 0 Å². The molecular formula is C4H5F3O4. The van der Waals surface area contributed by atoms with Crippen LogP contribution in [0.15, 0.2) is 0 Å². The third kappa shape index (κ3) is 1.45. The van der Waals surface area contributed by atoms with Crippen LogP contribution in [0, 0.1) is 0 Å². The molecule has 2 N–H and O–H groups in total. The number of halogens is 3. The van der Waals surface area contributed by atoms with Gasteiger partial charge in [-0.1, -0.05) is 0 Å². The van der Waals surface area contributed by atoms with Crippen molar-refractivity contribution < 1.29 is 32.9 Å². The van der Waals surface area contributed by atoms with E-state index in [1.54, 1.807) is 0 Å². The van der Waals surface area contributed by atoms with E-state index in [0.29, 0.717) is 0 Å². The molecule has 1 fully saturated rings. The smallest absolute Gasteiger partial charge is 0.390 e. The minimum absolute atomic E-state index is 1.40. The average molecular weight is 174 g/mol. The van der Waals surface area contributed by atoms with Crippen LogP contribution in [-0.2, 0) is 9.47 Å². The second-order valence-electron chi connectivity index (χ2n) is 1.98. The summed E-state index contributed by atoms with van der Waals surface area (Å²) in [6.07, 6.45) is -6.65. The van der Waals surface area contributed by atoms with Gasteiger partial charge in [0.15, 0.2) is 0 Å². The third-order valence-corrected chi connectivity index (χ3v) is 1.12. The van der Waals surface area contributed by atoms with E-state index >= 15 is 0 Å². The van der Waals surface area contributed by atoms with Gasteiger partial charge in [0.05, 0.1) is 0 Å². The lowest BCUT2D eigenvalue weighted by molar-refractivity contribution is -0.374. The Balaban J connectivity index is 2.73. The number of ether oxygens (including phenoxy) is 2. The summed E-state index contributed by atoms with van der Waals surface area (Å²) in [6, 6.07) is 0. The highest BCUT2D eigenvalue weighted by Crippen LogP contribution is 2.38. The fourth-order valence-electron chi connectivity index (χ4n) is 0.600. The average Bonchev–Trinajstić information content (AvgIpc) is 2.03. The second kappa shape index (κ2) is 2.31. The molecule has 66 valence electrons. The summed E-state index contributed by atoms with van der Waals surface area (Å²) in [4.78, 5) is 0. The minimum Gasteiger partial charge on any atom is -0.390 e. The standard InChI is InChI=1S/C4H5F3O4/c5-3(1-8)2(9)10-4(6,7)11-3/h2,8-9H,1H2. The van der Waals surface area contributed by atoms with Crippen LogP contribution in [0.5, 0.6) is 0 Å². The Hall–Kier alpha value is -0.370. The quantitative estimate of drug-likeness (QED) is 0.565.